The lowest BCUT2D eigenvalue weighted by Gasteiger charge is -2.07. The minimum Gasteiger partial charge on any atom is -0.314 e. The highest BCUT2D eigenvalue weighted by Gasteiger charge is 2.20. The van der Waals surface area contributed by atoms with Crippen LogP contribution < -0.4 is 10.0 Å². The summed E-state index contributed by atoms with van der Waals surface area (Å²) < 4.78 is 27.6. The predicted molar refractivity (Wildman–Crippen MR) is 69.7 cm³/mol. The maximum atomic E-state index is 11.7. The van der Waals surface area contributed by atoms with Crippen LogP contribution >= 0.6 is 0 Å². The summed E-state index contributed by atoms with van der Waals surface area (Å²) in [5, 5.41) is 7.31. The van der Waals surface area contributed by atoms with Crippen LogP contribution in [-0.4, -0.2) is 43.1 Å². The second kappa shape index (κ2) is 6.31. The molecule has 0 aliphatic heterocycles. The highest BCUT2D eigenvalue weighted by molar-refractivity contribution is 7.89. The van der Waals surface area contributed by atoms with Crippen LogP contribution in [0.1, 0.15) is 19.3 Å². The molecule has 1 heterocycles. The third-order valence-electron chi connectivity index (χ3n) is 2.82. The Kier molecular flexibility index (Phi) is 4.73. The highest BCUT2D eigenvalue weighted by Crippen LogP contribution is 2.18. The predicted octanol–water partition coefficient (Wildman–Crippen LogP) is -0.0554. The molecular weight excluding hydrogens is 252 g/mol. The fraction of sp³-hybridized carbons (Fsp3) is 0.727. The normalized spacial score (nSPS) is 16.0. The number of sulfonamides is 1. The minimum absolute atomic E-state index is 0.186. The molecular formula is C11H20N4O2S. The number of nitrogens with zero attached hydrogens (tertiary/aromatic N) is 2. The third-order valence-corrected chi connectivity index (χ3v) is 4.29. The largest absolute Gasteiger partial charge is 0.314 e. The molecule has 0 atom stereocenters. The lowest BCUT2D eigenvalue weighted by atomic mass is 10.5. The van der Waals surface area contributed by atoms with Crippen molar-refractivity contribution in [2.24, 2.45) is 0 Å². The van der Waals surface area contributed by atoms with Gasteiger partial charge in [0.05, 0.1) is 12.3 Å². The molecule has 6 nitrogen and oxygen atoms in total. The Morgan fingerprint density at radius 1 is 1.33 bits per heavy atom. The van der Waals surface area contributed by atoms with E-state index >= 15 is 0 Å². The van der Waals surface area contributed by atoms with E-state index in [1.165, 1.54) is 12.8 Å². The molecule has 1 aromatic rings. The van der Waals surface area contributed by atoms with Crippen LogP contribution in [-0.2, 0) is 16.6 Å². The molecule has 0 bridgehead atoms. The van der Waals surface area contributed by atoms with Crippen LogP contribution in [0.15, 0.2) is 18.5 Å². The van der Waals surface area contributed by atoms with Gasteiger partial charge in [0.25, 0.3) is 0 Å². The zero-order chi connectivity index (χ0) is 12.8. The molecule has 1 aliphatic carbocycles. The fourth-order valence-corrected chi connectivity index (χ4v) is 2.75. The van der Waals surface area contributed by atoms with E-state index in [0.29, 0.717) is 25.6 Å². The van der Waals surface area contributed by atoms with Gasteiger partial charge in [-0.3, -0.25) is 4.68 Å². The van der Waals surface area contributed by atoms with Crippen molar-refractivity contribution in [3.63, 3.8) is 0 Å². The lowest BCUT2D eigenvalue weighted by Crippen LogP contribution is -2.31. The van der Waals surface area contributed by atoms with Gasteiger partial charge in [-0.15, -0.1) is 0 Å². The van der Waals surface area contributed by atoms with Crippen molar-refractivity contribution in [3.8, 4) is 0 Å². The number of nitrogens with one attached hydrogen (secondary N) is 2. The van der Waals surface area contributed by atoms with Crippen LogP contribution in [0.4, 0.5) is 0 Å². The van der Waals surface area contributed by atoms with Crippen molar-refractivity contribution >= 4 is 10.0 Å². The molecule has 0 amide bonds. The summed E-state index contributed by atoms with van der Waals surface area (Å²) in [7, 11) is -3.14. The van der Waals surface area contributed by atoms with Gasteiger partial charge in [-0.2, -0.15) is 5.10 Å². The monoisotopic (exact) mass is 272 g/mol. The van der Waals surface area contributed by atoms with Gasteiger partial charge in [-0.25, -0.2) is 13.1 Å². The first kappa shape index (κ1) is 13.5. The van der Waals surface area contributed by atoms with Gasteiger partial charge < -0.3 is 5.32 Å². The molecule has 1 fully saturated rings. The molecule has 1 aromatic heterocycles. The van der Waals surface area contributed by atoms with Crippen molar-refractivity contribution < 1.29 is 8.42 Å². The molecule has 102 valence electrons. The summed E-state index contributed by atoms with van der Waals surface area (Å²) in [5.41, 5.74) is 0. The number of hydrogen-bond donors (Lipinski definition) is 2. The third kappa shape index (κ3) is 5.16. The Hall–Kier alpha value is -0.920. The molecule has 0 saturated heterocycles. The highest BCUT2D eigenvalue weighted by atomic mass is 32.2. The van der Waals surface area contributed by atoms with Crippen molar-refractivity contribution in [2.45, 2.75) is 31.8 Å². The van der Waals surface area contributed by atoms with E-state index in [1.807, 2.05) is 12.3 Å². The Balaban J connectivity index is 1.57. The number of aromatic nitrogens is 2. The molecule has 0 aromatic carbocycles. The van der Waals surface area contributed by atoms with E-state index in [4.69, 9.17) is 0 Å². The molecule has 2 N–H and O–H groups in total. The lowest BCUT2D eigenvalue weighted by molar-refractivity contribution is 0.556. The molecule has 1 aliphatic rings. The maximum Gasteiger partial charge on any atom is 0.211 e. The zero-order valence-electron chi connectivity index (χ0n) is 10.4. The topological polar surface area (TPSA) is 76.0 Å². The van der Waals surface area contributed by atoms with E-state index in [-0.39, 0.29) is 5.75 Å². The van der Waals surface area contributed by atoms with Crippen molar-refractivity contribution in [3.05, 3.63) is 18.5 Å². The first-order valence-corrected chi connectivity index (χ1v) is 7.99. The van der Waals surface area contributed by atoms with Gasteiger partial charge in [0.1, 0.15) is 0 Å². The van der Waals surface area contributed by atoms with Gasteiger partial charge in [0.2, 0.25) is 10.0 Å². The van der Waals surface area contributed by atoms with E-state index in [9.17, 15) is 8.42 Å². The molecule has 0 radical (unpaired) electrons. The fourth-order valence-electron chi connectivity index (χ4n) is 1.68. The van der Waals surface area contributed by atoms with E-state index in [1.54, 1.807) is 10.9 Å². The quantitative estimate of drug-likeness (QED) is 0.618. The molecule has 0 spiro atoms. The molecule has 18 heavy (non-hydrogen) atoms. The zero-order valence-corrected chi connectivity index (χ0v) is 11.2. The Labute approximate surface area is 108 Å². The van der Waals surface area contributed by atoms with Crippen molar-refractivity contribution in [2.75, 3.05) is 18.8 Å². The molecule has 1 saturated carbocycles. The maximum absolute atomic E-state index is 11.7. The molecule has 2 rings (SSSR count). The van der Waals surface area contributed by atoms with Crippen LogP contribution in [0, 0.1) is 0 Å². The average molecular weight is 272 g/mol. The summed E-state index contributed by atoms with van der Waals surface area (Å²) in [6.45, 7) is 1.73. The smallest absolute Gasteiger partial charge is 0.211 e. The summed E-state index contributed by atoms with van der Waals surface area (Å²) in [4.78, 5) is 0. The number of rotatable bonds is 9. The van der Waals surface area contributed by atoms with E-state index in [0.717, 1.165) is 6.54 Å². The molecule has 0 unspecified atom stereocenters. The Morgan fingerprint density at radius 2 is 2.17 bits per heavy atom. The van der Waals surface area contributed by atoms with E-state index < -0.39 is 10.0 Å². The first-order valence-electron chi connectivity index (χ1n) is 6.34. The number of hydrogen-bond acceptors (Lipinski definition) is 4. The average Bonchev–Trinajstić information content (AvgIpc) is 3.01. The SMILES string of the molecule is O=S(=O)(CCCNC1CC1)NCCn1cccn1. The van der Waals surface area contributed by atoms with Crippen molar-refractivity contribution in [1.82, 2.24) is 19.8 Å². The van der Waals surface area contributed by atoms with Crippen LogP contribution in [0.5, 0.6) is 0 Å². The standard InChI is InChI=1S/C11H20N4O2S/c16-18(17,10-2-5-12-11-3-4-11)14-7-9-15-8-1-6-13-15/h1,6,8,11-12,14H,2-5,7,9-10H2. The second-order valence-electron chi connectivity index (χ2n) is 4.56. The Morgan fingerprint density at radius 3 is 2.83 bits per heavy atom. The molecule has 7 heteroatoms. The van der Waals surface area contributed by atoms with Crippen LogP contribution in [0.3, 0.4) is 0 Å². The van der Waals surface area contributed by atoms with Crippen LogP contribution in [0.25, 0.3) is 0 Å². The van der Waals surface area contributed by atoms with Gasteiger partial charge in [0, 0.05) is 25.0 Å². The second-order valence-corrected chi connectivity index (χ2v) is 6.49. The first-order chi connectivity index (χ1) is 8.66. The van der Waals surface area contributed by atoms with Crippen LogP contribution in [0.2, 0.25) is 0 Å². The van der Waals surface area contributed by atoms with E-state index in [2.05, 4.69) is 15.1 Å². The summed E-state index contributed by atoms with van der Waals surface area (Å²) in [5.74, 6) is 0.186. The summed E-state index contributed by atoms with van der Waals surface area (Å²) >= 11 is 0. The van der Waals surface area contributed by atoms with Gasteiger partial charge in [-0.1, -0.05) is 0 Å². The van der Waals surface area contributed by atoms with Gasteiger partial charge >= 0.3 is 0 Å². The Bertz CT molecular complexity index is 440. The van der Waals surface area contributed by atoms with Gasteiger partial charge in [0.15, 0.2) is 0 Å². The van der Waals surface area contributed by atoms with Gasteiger partial charge in [-0.05, 0) is 31.9 Å². The summed E-state index contributed by atoms with van der Waals surface area (Å²) in [6.07, 6.45) is 6.61. The van der Waals surface area contributed by atoms with Crippen molar-refractivity contribution in [1.29, 1.82) is 0 Å². The summed E-state index contributed by atoms with van der Waals surface area (Å²) in [6, 6.07) is 2.46. The minimum atomic E-state index is -3.14.